The Balaban J connectivity index is 2.18. The van der Waals surface area contributed by atoms with Crippen molar-refractivity contribution in [3.63, 3.8) is 0 Å². The molecule has 0 unspecified atom stereocenters. The van der Waals surface area contributed by atoms with E-state index in [0.29, 0.717) is 6.61 Å². The maximum Gasteiger partial charge on any atom is 0.337 e. The molecule has 0 aliphatic carbocycles. The summed E-state index contributed by atoms with van der Waals surface area (Å²) in [6, 6.07) is 5.22. The fraction of sp³-hybridized carbons (Fsp3) is 0.182. The highest BCUT2D eigenvalue weighted by Gasteiger charge is 2.17. The van der Waals surface area contributed by atoms with Gasteiger partial charge in [0.15, 0.2) is 0 Å². The molecule has 0 spiro atoms. The summed E-state index contributed by atoms with van der Waals surface area (Å²) in [5, 5.41) is 6.07. The van der Waals surface area contributed by atoms with Gasteiger partial charge >= 0.3 is 6.01 Å². The zero-order chi connectivity index (χ0) is 15.5. The van der Waals surface area contributed by atoms with Crippen molar-refractivity contribution < 1.29 is 17.9 Å². The highest BCUT2D eigenvalue weighted by atomic mass is 32.2. The van der Waals surface area contributed by atoms with Crippen LogP contribution in [0.1, 0.15) is 17.3 Å². The molecule has 0 aliphatic rings. The van der Waals surface area contributed by atoms with Crippen LogP contribution in [0.2, 0.25) is 0 Å². The van der Waals surface area contributed by atoms with E-state index in [4.69, 9.17) is 10.5 Å². The Morgan fingerprint density at radius 2 is 2.05 bits per heavy atom. The smallest absolute Gasteiger partial charge is 0.337 e. The molecule has 1 aromatic heterocycles. The van der Waals surface area contributed by atoms with E-state index >= 15 is 0 Å². The molecule has 10 heteroatoms. The molecule has 1 amide bonds. The predicted octanol–water partition coefficient (Wildman–Crippen LogP) is 0.103. The molecule has 2 rings (SSSR count). The summed E-state index contributed by atoms with van der Waals surface area (Å²) in [5.74, 6) is -0.707. The third-order valence-electron chi connectivity index (χ3n) is 2.42. The van der Waals surface area contributed by atoms with Crippen LogP contribution in [0, 0.1) is 0 Å². The predicted molar refractivity (Wildman–Crippen MR) is 73.3 cm³/mol. The summed E-state index contributed by atoms with van der Waals surface area (Å²) < 4.78 is 31.4. The second-order valence-electron chi connectivity index (χ2n) is 3.89. The number of hydrogen-bond acceptors (Lipinski definition) is 6. The summed E-state index contributed by atoms with van der Waals surface area (Å²) in [6.07, 6.45) is 0. The fourth-order valence-corrected chi connectivity index (χ4v) is 2.43. The third kappa shape index (κ3) is 3.48. The number of nitrogens with one attached hydrogen (secondary N) is 2. The first kappa shape index (κ1) is 14.8. The number of primary amides is 1. The van der Waals surface area contributed by atoms with Crippen molar-refractivity contribution in [3.05, 3.63) is 29.8 Å². The standard InChI is InChI=1S/C11H13N5O4S/c1-2-20-11-13-10(14-15-11)16-21(18,19)8-5-3-7(4-6-8)9(12)17/h3-6H,2H2,1H3,(H2,12,17)(H2,13,14,15,16). The molecule has 4 N–H and O–H groups in total. The number of rotatable bonds is 6. The molecule has 2 aromatic rings. The molecule has 0 saturated carbocycles. The molecule has 0 aliphatic heterocycles. The van der Waals surface area contributed by atoms with Gasteiger partial charge in [-0.15, -0.1) is 5.10 Å². The Morgan fingerprint density at radius 3 is 2.62 bits per heavy atom. The van der Waals surface area contributed by atoms with Gasteiger partial charge in [0.2, 0.25) is 11.9 Å². The molecule has 1 heterocycles. The number of hydrogen-bond donors (Lipinski definition) is 3. The number of H-pyrrole nitrogens is 1. The van der Waals surface area contributed by atoms with Crippen LogP contribution < -0.4 is 15.2 Å². The number of aromatic amines is 1. The van der Waals surface area contributed by atoms with Gasteiger partial charge in [-0.2, -0.15) is 4.98 Å². The van der Waals surface area contributed by atoms with Crippen LogP contribution in [-0.4, -0.2) is 36.1 Å². The van der Waals surface area contributed by atoms with Crippen molar-refractivity contribution in [1.82, 2.24) is 15.2 Å². The minimum Gasteiger partial charge on any atom is -0.463 e. The molecule has 0 radical (unpaired) electrons. The zero-order valence-corrected chi connectivity index (χ0v) is 11.8. The van der Waals surface area contributed by atoms with E-state index in [1.54, 1.807) is 6.92 Å². The van der Waals surface area contributed by atoms with Crippen molar-refractivity contribution in [2.24, 2.45) is 5.73 Å². The lowest BCUT2D eigenvalue weighted by Crippen LogP contribution is -2.15. The lowest BCUT2D eigenvalue weighted by Gasteiger charge is -2.05. The molecule has 0 fully saturated rings. The SMILES string of the molecule is CCOc1n[nH]c(NS(=O)(=O)c2ccc(C(N)=O)cc2)n1. The van der Waals surface area contributed by atoms with Crippen LogP contribution in [-0.2, 0) is 10.0 Å². The van der Waals surface area contributed by atoms with Crippen molar-refractivity contribution in [1.29, 1.82) is 0 Å². The summed E-state index contributed by atoms with van der Waals surface area (Å²) in [7, 11) is -3.85. The van der Waals surface area contributed by atoms with E-state index in [1.807, 2.05) is 0 Å². The first-order valence-corrected chi connectivity index (χ1v) is 7.38. The molecule has 112 valence electrons. The number of carbonyl (C=O) groups is 1. The van der Waals surface area contributed by atoms with Crippen molar-refractivity contribution >= 4 is 21.9 Å². The topological polar surface area (TPSA) is 140 Å². The number of amides is 1. The summed E-state index contributed by atoms with van der Waals surface area (Å²) >= 11 is 0. The van der Waals surface area contributed by atoms with Gasteiger partial charge in [-0.25, -0.2) is 18.2 Å². The second-order valence-corrected chi connectivity index (χ2v) is 5.58. The van der Waals surface area contributed by atoms with Gasteiger partial charge in [0.1, 0.15) is 0 Å². The number of aromatic nitrogens is 3. The molecular formula is C11H13N5O4S. The highest BCUT2D eigenvalue weighted by Crippen LogP contribution is 2.15. The summed E-state index contributed by atoms with van der Waals surface area (Å²) in [6.45, 7) is 2.11. The number of nitrogens with zero attached hydrogens (tertiary/aromatic N) is 2. The lowest BCUT2D eigenvalue weighted by atomic mass is 10.2. The summed E-state index contributed by atoms with van der Waals surface area (Å²) in [5.41, 5.74) is 5.30. The van der Waals surface area contributed by atoms with Crippen LogP contribution in [0.3, 0.4) is 0 Å². The first-order valence-electron chi connectivity index (χ1n) is 5.90. The van der Waals surface area contributed by atoms with Crippen molar-refractivity contribution in [3.8, 4) is 6.01 Å². The normalized spacial score (nSPS) is 11.1. The maximum atomic E-state index is 12.1. The van der Waals surface area contributed by atoms with Gasteiger partial charge in [0, 0.05) is 5.56 Å². The zero-order valence-electron chi connectivity index (χ0n) is 11.0. The summed E-state index contributed by atoms with van der Waals surface area (Å²) in [4.78, 5) is 14.7. The van der Waals surface area contributed by atoms with Gasteiger partial charge in [-0.1, -0.05) is 0 Å². The van der Waals surface area contributed by atoms with E-state index in [1.165, 1.54) is 24.3 Å². The highest BCUT2D eigenvalue weighted by molar-refractivity contribution is 7.92. The quantitative estimate of drug-likeness (QED) is 0.691. The Morgan fingerprint density at radius 1 is 1.38 bits per heavy atom. The van der Waals surface area contributed by atoms with Crippen molar-refractivity contribution in [2.75, 3.05) is 11.3 Å². The Bertz CT molecular complexity index is 738. The number of benzene rings is 1. The van der Waals surface area contributed by atoms with Crippen LogP contribution >= 0.6 is 0 Å². The Kier molecular flexibility index (Phi) is 4.08. The maximum absolute atomic E-state index is 12.1. The van der Waals surface area contributed by atoms with Crippen molar-refractivity contribution in [2.45, 2.75) is 11.8 Å². The number of anilines is 1. The molecule has 0 saturated heterocycles. The van der Waals surface area contributed by atoms with E-state index < -0.39 is 15.9 Å². The third-order valence-corrected chi connectivity index (χ3v) is 3.77. The van der Waals surface area contributed by atoms with E-state index in [9.17, 15) is 13.2 Å². The molecule has 0 atom stereocenters. The average molecular weight is 311 g/mol. The number of nitrogens with two attached hydrogens (primary N) is 1. The molecular weight excluding hydrogens is 298 g/mol. The second kappa shape index (κ2) is 5.79. The minimum atomic E-state index is -3.85. The van der Waals surface area contributed by atoms with Crippen LogP contribution in [0.25, 0.3) is 0 Å². The monoisotopic (exact) mass is 311 g/mol. The van der Waals surface area contributed by atoms with E-state index in [-0.39, 0.29) is 22.4 Å². The van der Waals surface area contributed by atoms with Crippen LogP contribution in [0.4, 0.5) is 5.95 Å². The van der Waals surface area contributed by atoms with Crippen LogP contribution in [0.15, 0.2) is 29.2 Å². The Labute approximate surface area is 120 Å². The molecule has 9 nitrogen and oxygen atoms in total. The number of sulfonamides is 1. The average Bonchev–Trinajstić information content (AvgIpc) is 2.86. The van der Waals surface area contributed by atoms with E-state index in [0.717, 1.165) is 0 Å². The van der Waals surface area contributed by atoms with Gasteiger partial charge in [-0.3, -0.25) is 4.79 Å². The lowest BCUT2D eigenvalue weighted by molar-refractivity contribution is 0.1000. The van der Waals surface area contributed by atoms with Crippen LogP contribution in [0.5, 0.6) is 6.01 Å². The largest absolute Gasteiger partial charge is 0.463 e. The number of ether oxygens (including phenoxy) is 1. The van der Waals surface area contributed by atoms with E-state index in [2.05, 4.69) is 19.9 Å². The molecule has 1 aromatic carbocycles. The minimum absolute atomic E-state index is 0.0399. The molecule has 21 heavy (non-hydrogen) atoms. The van der Waals surface area contributed by atoms with Gasteiger partial charge < -0.3 is 10.5 Å². The fourth-order valence-electron chi connectivity index (χ4n) is 1.47. The first-order chi connectivity index (χ1) is 9.92. The van der Waals surface area contributed by atoms with Gasteiger partial charge in [0.25, 0.3) is 10.0 Å². The number of carbonyl (C=O) groups excluding carboxylic acids is 1. The molecule has 0 bridgehead atoms. The Hall–Kier alpha value is -2.62. The van der Waals surface area contributed by atoms with Gasteiger partial charge in [-0.05, 0) is 31.2 Å². The van der Waals surface area contributed by atoms with Gasteiger partial charge in [0.05, 0.1) is 11.5 Å².